The SMILES string of the molecule is CC(=O)Nc1ccc(S(=O)(=O)N[C@H]2C[C@@H](c3nc(-c4ccc5c(c4)OCO5)no3)N(C)C2)cc1. The highest BCUT2D eigenvalue weighted by atomic mass is 32.2. The minimum Gasteiger partial charge on any atom is -0.454 e. The summed E-state index contributed by atoms with van der Waals surface area (Å²) >= 11 is 0. The Morgan fingerprint density at radius 1 is 1.12 bits per heavy atom. The van der Waals surface area contributed by atoms with E-state index in [9.17, 15) is 13.2 Å². The van der Waals surface area contributed by atoms with Crippen molar-refractivity contribution in [2.24, 2.45) is 0 Å². The van der Waals surface area contributed by atoms with Crippen molar-refractivity contribution in [1.29, 1.82) is 0 Å². The van der Waals surface area contributed by atoms with E-state index in [1.807, 2.05) is 18.0 Å². The average molecular weight is 486 g/mol. The summed E-state index contributed by atoms with van der Waals surface area (Å²) in [5, 5.41) is 6.70. The van der Waals surface area contributed by atoms with Gasteiger partial charge in [0.25, 0.3) is 0 Å². The van der Waals surface area contributed by atoms with Gasteiger partial charge >= 0.3 is 0 Å². The lowest BCUT2D eigenvalue weighted by Gasteiger charge is -2.14. The topological polar surface area (TPSA) is 136 Å². The third kappa shape index (κ3) is 4.47. The maximum Gasteiger partial charge on any atom is 0.244 e. The van der Waals surface area contributed by atoms with Crippen molar-refractivity contribution >= 4 is 21.6 Å². The van der Waals surface area contributed by atoms with Crippen LogP contribution < -0.4 is 19.5 Å². The Labute approximate surface area is 196 Å². The molecule has 11 nitrogen and oxygen atoms in total. The summed E-state index contributed by atoms with van der Waals surface area (Å²) in [6, 6.07) is 10.9. The lowest BCUT2D eigenvalue weighted by atomic mass is 10.1. The van der Waals surface area contributed by atoms with Crippen molar-refractivity contribution in [3.63, 3.8) is 0 Å². The van der Waals surface area contributed by atoms with Crippen molar-refractivity contribution in [1.82, 2.24) is 19.8 Å². The summed E-state index contributed by atoms with van der Waals surface area (Å²) in [5.41, 5.74) is 1.27. The first-order chi connectivity index (χ1) is 16.3. The lowest BCUT2D eigenvalue weighted by molar-refractivity contribution is -0.114. The van der Waals surface area contributed by atoms with Gasteiger partial charge in [0.1, 0.15) is 0 Å². The zero-order valence-electron chi connectivity index (χ0n) is 18.5. The van der Waals surface area contributed by atoms with Gasteiger partial charge in [0.05, 0.1) is 10.9 Å². The Morgan fingerprint density at radius 2 is 1.88 bits per heavy atom. The van der Waals surface area contributed by atoms with Crippen LogP contribution in [0.15, 0.2) is 51.9 Å². The van der Waals surface area contributed by atoms with E-state index in [-0.39, 0.29) is 29.7 Å². The third-order valence-electron chi connectivity index (χ3n) is 5.71. The van der Waals surface area contributed by atoms with Crippen molar-refractivity contribution in [3.05, 3.63) is 48.4 Å². The maximum atomic E-state index is 12.9. The molecular formula is C22H23N5O6S. The molecule has 0 spiro atoms. The van der Waals surface area contributed by atoms with Gasteiger partial charge in [-0.05, 0) is 55.9 Å². The number of ether oxygens (including phenoxy) is 2. The second-order valence-electron chi connectivity index (χ2n) is 8.24. The molecule has 2 atom stereocenters. The van der Waals surface area contributed by atoms with Crippen LogP contribution in [-0.2, 0) is 14.8 Å². The molecule has 178 valence electrons. The fourth-order valence-electron chi connectivity index (χ4n) is 4.11. The Hall–Kier alpha value is -3.48. The van der Waals surface area contributed by atoms with Gasteiger partial charge in [-0.3, -0.25) is 9.69 Å². The van der Waals surface area contributed by atoms with Gasteiger partial charge in [0, 0.05) is 30.8 Å². The quantitative estimate of drug-likeness (QED) is 0.538. The normalized spacial score (nSPS) is 19.9. The molecule has 34 heavy (non-hydrogen) atoms. The molecule has 1 amide bonds. The van der Waals surface area contributed by atoms with E-state index in [2.05, 4.69) is 20.2 Å². The number of nitrogens with zero attached hydrogens (tertiary/aromatic N) is 3. The first-order valence-corrected chi connectivity index (χ1v) is 12.1. The number of hydrogen-bond donors (Lipinski definition) is 2. The number of fused-ring (bicyclic) bond motifs is 1. The monoisotopic (exact) mass is 485 g/mol. The van der Waals surface area contributed by atoms with Gasteiger partial charge in [-0.25, -0.2) is 13.1 Å². The molecule has 2 aliphatic rings. The number of likely N-dealkylation sites (tertiary alicyclic amines) is 1. The van der Waals surface area contributed by atoms with Gasteiger partial charge in [0.2, 0.25) is 34.4 Å². The number of likely N-dealkylation sites (N-methyl/N-ethyl adjacent to an activating group) is 1. The van der Waals surface area contributed by atoms with Crippen LogP contribution in [0.1, 0.15) is 25.3 Å². The van der Waals surface area contributed by atoms with Gasteiger partial charge in [-0.2, -0.15) is 4.98 Å². The summed E-state index contributed by atoms with van der Waals surface area (Å²) in [4.78, 5) is 17.8. The van der Waals surface area contributed by atoms with Gasteiger partial charge in [-0.1, -0.05) is 5.16 Å². The zero-order chi connectivity index (χ0) is 23.9. The second kappa shape index (κ2) is 8.70. The van der Waals surface area contributed by atoms with E-state index < -0.39 is 10.0 Å². The molecule has 1 aromatic heterocycles. The first kappa shape index (κ1) is 22.3. The summed E-state index contributed by atoms with van der Waals surface area (Å²) in [6.45, 7) is 2.05. The highest BCUT2D eigenvalue weighted by Gasteiger charge is 2.36. The molecule has 2 N–H and O–H groups in total. The second-order valence-corrected chi connectivity index (χ2v) is 9.95. The lowest BCUT2D eigenvalue weighted by Crippen LogP contribution is -2.36. The molecule has 0 unspecified atom stereocenters. The third-order valence-corrected chi connectivity index (χ3v) is 7.25. The number of benzene rings is 2. The number of anilines is 1. The van der Waals surface area contributed by atoms with E-state index in [1.165, 1.54) is 19.1 Å². The summed E-state index contributed by atoms with van der Waals surface area (Å²) < 4.78 is 44.7. The number of carbonyl (C=O) groups excluding carboxylic acids is 1. The van der Waals surface area contributed by atoms with Crippen molar-refractivity contribution in [2.75, 3.05) is 25.7 Å². The molecule has 1 fully saturated rings. The van der Waals surface area contributed by atoms with Crippen LogP contribution in [0.2, 0.25) is 0 Å². The van der Waals surface area contributed by atoms with Crippen LogP contribution in [-0.4, -0.2) is 55.8 Å². The standard InChI is InChI=1S/C22H23N5O6S/c1-13(28)23-15-4-6-17(7-5-15)34(29,30)26-16-10-18(27(2)11-16)22-24-21(25-33-22)14-3-8-19-20(9-14)32-12-31-19/h3-9,16,18,26H,10-12H2,1-2H3,(H,23,28)/t16-,18-/m0/s1. The highest BCUT2D eigenvalue weighted by molar-refractivity contribution is 7.89. The molecule has 0 bridgehead atoms. The van der Waals surface area contributed by atoms with Crippen LogP contribution in [0.25, 0.3) is 11.4 Å². The number of amides is 1. The van der Waals surface area contributed by atoms with Gasteiger partial charge < -0.3 is 19.3 Å². The predicted octanol–water partition coefficient (Wildman–Crippen LogP) is 2.15. The van der Waals surface area contributed by atoms with Gasteiger partial charge in [0.15, 0.2) is 11.5 Å². The van der Waals surface area contributed by atoms with E-state index in [0.29, 0.717) is 41.9 Å². The van der Waals surface area contributed by atoms with Crippen LogP contribution in [0.5, 0.6) is 11.5 Å². The molecule has 3 aromatic rings. The highest BCUT2D eigenvalue weighted by Crippen LogP contribution is 2.36. The number of nitrogens with one attached hydrogen (secondary N) is 2. The zero-order valence-corrected chi connectivity index (χ0v) is 19.3. The van der Waals surface area contributed by atoms with E-state index in [0.717, 1.165) is 5.56 Å². The molecule has 0 radical (unpaired) electrons. The number of aromatic nitrogens is 2. The van der Waals surface area contributed by atoms with Crippen LogP contribution in [0.4, 0.5) is 5.69 Å². The molecule has 1 saturated heterocycles. The fraction of sp³-hybridized carbons (Fsp3) is 0.318. The van der Waals surface area contributed by atoms with Crippen molar-refractivity contribution in [2.45, 2.75) is 30.3 Å². The number of sulfonamides is 1. The van der Waals surface area contributed by atoms with Crippen molar-refractivity contribution in [3.8, 4) is 22.9 Å². The smallest absolute Gasteiger partial charge is 0.244 e. The summed E-state index contributed by atoms with van der Waals surface area (Å²) in [6.07, 6.45) is 0.475. The Kier molecular flexibility index (Phi) is 5.71. The molecule has 2 aliphatic heterocycles. The number of carbonyl (C=O) groups is 1. The molecule has 2 aromatic carbocycles. The minimum absolute atomic E-state index is 0.121. The molecule has 5 rings (SSSR count). The first-order valence-electron chi connectivity index (χ1n) is 10.6. The molecule has 3 heterocycles. The Morgan fingerprint density at radius 3 is 2.65 bits per heavy atom. The molecule has 0 aliphatic carbocycles. The summed E-state index contributed by atoms with van der Waals surface area (Å²) in [7, 11) is -1.86. The molecule has 0 saturated carbocycles. The number of hydrogen-bond acceptors (Lipinski definition) is 9. The van der Waals surface area contributed by atoms with Crippen LogP contribution in [0.3, 0.4) is 0 Å². The maximum absolute atomic E-state index is 12.9. The van der Waals surface area contributed by atoms with Crippen LogP contribution in [0, 0.1) is 0 Å². The van der Waals surface area contributed by atoms with E-state index in [4.69, 9.17) is 14.0 Å². The number of rotatable bonds is 6. The van der Waals surface area contributed by atoms with Crippen molar-refractivity contribution < 1.29 is 27.2 Å². The average Bonchev–Trinajstić information content (AvgIpc) is 3.52. The summed E-state index contributed by atoms with van der Waals surface area (Å²) in [5.74, 6) is 1.90. The Balaban J connectivity index is 1.27. The fourth-order valence-corrected chi connectivity index (χ4v) is 5.35. The predicted molar refractivity (Wildman–Crippen MR) is 121 cm³/mol. The Bertz CT molecular complexity index is 1320. The van der Waals surface area contributed by atoms with Crippen LogP contribution >= 0.6 is 0 Å². The van der Waals surface area contributed by atoms with E-state index in [1.54, 1.807) is 24.3 Å². The largest absolute Gasteiger partial charge is 0.454 e. The van der Waals surface area contributed by atoms with Gasteiger partial charge in [-0.15, -0.1) is 0 Å². The molecular weight excluding hydrogens is 462 g/mol. The molecule has 12 heteroatoms. The van der Waals surface area contributed by atoms with E-state index >= 15 is 0 Å². The minimum atomic E-state index is -3.74.